The predicted molar refractivity (Wildman–Crippen MR) is 80.1 cm³/mol. The number of carbonyl (C=O) groups excluding carboxylic acids is 1. The van der Waals surface area contributed by atoms with Crippen LogP contribution in [0.5, 0.6) is 0 Å². The van der Waals surface area contributed by atoms with Crippen molar-refractivity contribution in [1.82, 2.24) is 25.1 Å². The number of hydrogen-bond acceptors (Lipinski definition) is 5. The van der Waals surface area contributed by atoms with E-state index in [9.17, 15) is 4.79 Å². The number of pyridine rings is 1. The molecule has 0 spiro atoms. The fourth-order valence-electron chi connectivity index (χ4n) is 1.87. The summed E-state index contributed by atoms with van der Waals surface area (Å²) in [6.07, 6.45) is 6.53. The van der Waals surface area contributed by atoms with Crippen LogP contribution >= 0.6 is 0 Å². The fraction of sp³-hybridized carbons (Fsp3) is 0.429. The summed E-state index contributed by atoms with van der Waals surface area (Å²) in [5, 5.41) is 10.3. The van der Waals surface area contributed by atoms with Crippen LogP contribution in [0.25, 0.3) is 0 Å². The van der Waals surface area contributed by atoms with E-state index in [-0.39, 0.29) is 5.91 Å². The molecule has 0 atom stereocenters. The molecule has 2 rings (SSSR count). The monoisotopic (exact) mass is 288 g/mol. The van der Waals surface area contributed by atoms with Crippen molar-refractivity contribution in [3.63, 3.8) is 0 Å². The van der Waals surface area contributed by atoms with Gasteiger partial charge in [0, 0.05) is 32.8 Å². The van der Waals surface area contributed by atoms with Crippen molar-refractivity contribution < 1.29 is 4.79 Å². The zero-order chi connectivity index (χ0) is 15.1. The van der Waals surface area contributed by atoms with Gasteiger partial charge in [0.05, 0.1) is 17.4 Å². The summed E-state index contributed by atoms with van der Waals surface area (Å²) in [4.78, 5) is 20.4. The summed E-state index contributed by atoms with van der Waals surface area (Å²) < 4.78 is 1.65. The molecular formula is C14H20N6O. The Bertz CT molecular complexity index is 595. The van der Waals surface area contributed by atoms with E-state index in [1.807, 2.05) is 7.05 Å². The van der Waals surface area contributed by atoms with Gasteiger partial charge in [0.1, 0.15) is 6.33 Å². The summed E-state index contributed by atoms with van der Waals surface area (Å²) in [5.41, 5.74) is 1.36. The van der Waals surface area contributed by atoms with Crippen LogP contribution in [0.15, 0.2) is 24.8 Å². The van der Waals surface area contributed by atoms with Gasteiger partial charge >= 0.3 is 0 Å². The lowest BCUT2D eigenvalue weighted by Crippen LogP contribution is -2.27. The van der Waals surface area contributed by atoms with Crippen molar-refractivity contribution in [2.45, 2.75) is 19.8 Å². The number of aromatic nitrogens is 4. The van der Waals surface area contributed by atoms with Crippen molar-refractivity contribution in [2.75, 3.05) is 18.4 Å². The average Bonchev–Trinajstić information content (AvgIpc) is 2.91. The largest absolute Gasteiger partial charge is 0.383 e. The third-order valence-electron chi connectivity index (χ3n) is 2.91. The molecule has 0 saturated heterocycles. The van der Waals surface area contributed by atoms with Crippen LogP contribution < -0.4 is 10.6 Å². The Morgan fingerprint density at radius 2 is 2.24 bits per heavy atom. The molecule has 7 nitrogen and oxygen atoms in total. The molecule has 7 heteroatoms. The maximum Gasteiger partial charge on any atom is 0.253 e. The first-order valence-corrected chi connectivity index (χ1v) is 7.01. The average molecular weight is 288 g/mol. The standard InChI is InChI=1S/C14H20N6O/c1-3-6-16-12-9-15-7-4-11(12)14(21)17-8-5-13-18-10-20(2)19-13/h4,7,9-10,16H,3,5-6,8H2,1-2H3,(H,17,21). The van der Waals surface area contributed by atoms with E-state index >= 15 is 0 Å². The first kappa shape index (κ1) is 15.0. The molecule has 0 aliphatic heterocycles. The minimum absolute atomic E-state index is 0.119. The van der Waals surface area contributed by atoms with Crippen LogP contribution in [0.3, 0.4) is 0 Å². The van der Waals surface area contributed by atoms with Gasteiger partial charge in [0.15, 0.2) is 5.82 Å². The van der Waals surface area contributed by atoms with Crippen LogP contribution in [-0.4, -0.2) is 38.7 Å². The van der Waals surface area contributed by atoms with Gasteiger partial charge in [-0.2, -0.15) is 5.10 Å². The number of amides is 1. The highest BCUT2D eigenvalue weighted by atomic mass is 16.1. The lowest BCUT2D eigenvalue weighted by atomic mass is 10.2. The Balaban J connectivity index is 1.90. The van der Waals surface area contributed by atoms with E-state index in [1.54, 1.807) is 29.5 Å². The number of carbonyl (C=O) groups is 1. The molecule has 0 aliphatic carbocycles. The van der Waals surface area contributed by atoms with Gasteiger partial charge in [-0.25, -0.2) is 4.98 Å². The molecule has 0 radical (unpaired) electrons. The highest BCUT2D eigenvalue weighted by Crippen LogP contribution is 2.13. The number of nitrogens with zero attached hydrogens (tertiary/aromatic N) is 4. The summed E-state index contributed by atoms with van der Waals surface area (Å²) in [5.74, 6) is 0.601. The van der Waals surface area contributed by atoms with Gasteiger partial charge in [-0.1, -0.05) is 6.92 Å². The lowest BCUT2D eigenvalue weighted by molar-refractivity contribution is 0.0954. The zero-order valence-electron chi connectivity index (χ0n) is 12.3. The normalized spacial score (nSPS) is 10.4. The van der Waals surface area contributed by atoms with Gasteiger partial charge in [0.2, 0.25) is 0 Å². The predicted octanol–water partition coefficient (Wildman–Crippen LogP) is 1.00. The molecule has 0 saturated carbocycles. The van der Waals surface area contributed by atoms with Gasteiger partial charge < -0.3 is 10.6 Å². The Morgan fingerprint density at radius 3 is 2.95 bits per heavy atom. The molecule has 0 fully saturated rings. The van der Waals surface area contributed by atoms with E-state index in [2.05, 4.69) is 32.6 Å². The lowest BCUT2D eigenvalue weighted by Gasteiger charge is -2.10. The Morgan fingerprint density at radius 1 is 1.38 bits per heavy atom. The highest BCUT2D eigenvalue weighted by molar-refractivity contribution is 5.99. The van der Waals surface area contributed by atoms with E-state index < -0.39 is 0 Å². The van der Waals surface area contributed by atoms with Crippen molar-refractivity contribution in [2.24, 2.45) is 7.05 Å². The second-order valence-corrected chi connectivity index (χ2v) is 4.69. The maximum absolute atomic E-state index is 12.2. The van der Waals surface area contributed by atoms with E-state index in [1.165, 1.54) is 0 Å². The van der Waals surface area contributed by atoms with Crippen molar-refractivity contribution in [3.05, 3.63) is 36.2 Å². The molecule has 21 heavy (non-hydrogen) atoms. The third kappa shape index (κ3) is 4.27. The van der Waals surface area contributed by atoms with Crippen LogP contribution in [0.4, 0.5) is 5.69 Å². The molecule has 0 aromatic carbocycles. The van der Waals surface area contributed by atoms with Crippen molar-refractivity contribution >= 4 is 11.6 Å². The number of aryl methyl sites for hydroxylation is 1. The van der Waals surface area contributed by atoms with Crippen LogP contribution in [0, 0.1) is 0 Å². The van der Waals surface area contributed by atoms with E-state index in [0.717, 1.165) is 24.5 Å². The summed E-state index contributed by atoms with van der Waals surface area (Å²) in [7, 11) is 1.82. The zero-order valence-corrected chi connectivity index (χ0v) is 12.3. The Kier molecular flexibility index (Phi) is 5.25. The minimum Gasteiger partial charge on any atom is -0.383 e. The molecule has 0 aliphatic rings. The summed E-state index contributed by atoms with van der Waals surface area (Å²) in [6, 6.07) is 1.71. The first-order chi connectivity index (χ1) is 10.2. The van der Waals surface area contributed by atoms with Gasteiger partial charge in [-0.15, -0.1) is 0 Å². The summed E-state index contributed by atoms with van der Waals surface area (Å²) >= 11 is 0. The number of anilines is 1. The topological polar surface area (TPSA) is 84.7 Å². The quantitative estimate of drug-likeness (QED) is 0.794. The molecule has 1 amide bonds. The summed E-state index contributed by atoms with van der Waals surface area (Å²) in [6.45, 7) is 3.38. The van der Waals surface area contributed by atoms with Crippen LogP contribution in [-0.2, 0) is 13.5 Å². The maximum atomic E-state index is 12.2. The van der Waals surface area contributed by atoms with E-state index in [0.29, 0.717) is 18.5 Å². The van der Waals surface area contributed by atoms with Gasteiger partial charge in [-0.3, -0.25) is 14.5 Å². The molecule has 2 aromatic rings. The molecule has 112 valence electrons. The van der Waals surface area contributed by atoms with Crippen molar-refractivity contribution in [1.29, 1.82) is 0 Å². The molecule has 0 bridgehead atoms. The second-order valence-electron chi connectivity index (χ2n) is 4.69. The van der Waals surface area contributed by atoms with Crippen LogP contribution in [0.2, 0.25) is 0 Å². The first-order valence-electron chi connectivity index (χ1n) is 7.01. The number of nitrogens with one attached hydrogen (secondary N) is 2. The fourth-order valence-corrected chi connectivity index (χ4v) is 1.87. The molecule has 2 aromatic heterocycles. The molecule has 0 unspecified atom stereocenters. The smallest absolute Gasteiger partial charge is 0.253 e. The van der Waals surface area contributed by atoms with Gasteiger partial charge in [0.25, 0.3) is 5.91 Å². The molecule has 2 heterocycles. The Labute approximate surface area is 123 Å². The minimum atomic E-state index is -0.119. The van der Waals surface area contributed by atoms with E-state index in [4.69, 9.17) is 0 Å². The molecular weight excluding hydrogens is 268 g/mol. The van der Waals surface area contributed by atoms with Crippen molar-refractivity contribution in [3.8, 4) is 0 Å². The Hall–Kier alpha value is -2.44. The third-order valence-corrected chi connectivity index (χ3v) is 2.91. The van der Waals surface area contributed by atoms with Gasteiger partial charge in [-0.05, 0) is 12.5 Å². The second kappa shape index (κ2) is 7.37. The van der Waals surface area contributed by atoms with Crippen LogP contribution in [0.1, 0.15) is 29.5 Å². The number of hydrogen-bond donors (Lipinski definition) is 2. The number of rotatable bonds is 7. The molecule has 2 N–H and O–H groups in total. The SMILES string of the molecule is CCCNc1cnccc1C(=O)NCCc1ncn(C)n1. The highest BCUT2D eigenvalue weighted by Gasteiger charge is 2.10.